The van der Waals surface area contributed by atoms with Crippen LogP contribution in [0.25, 0.3) is 11.1 Å². The van der Waals surface area contributed by atoms with Gasteiger partial charge in [0, 0.05) is 24.7 Å². The van der Waals surface area contributed by atoms with Crippen LogP contribution < -0.4 is 0 Å². The Labute approximate surface area is 160 Å². The van der Waals surface area contributed by atoms with Crippen LogP contribution in [0.2, 0.25) is 0 Å². The van der Waals surface area contributed by atoms with Gasteiger partial charge >= 0.3 is 5.97 Å². The van der Waals surface area contributed by atoms with Crippen molar-refractivity contribution in [3.8, 4) is 11.1 Å². The van der Waals surface area contributed by atoms with Crippen LogP contribution in [0, 0.1) is 0 Å². The molecule has 5 heteroatoms. The van der Waals surface area contributed by atoms with Crippen molar-refractivity contribution in [2.45, 2.75) is 25.3 Å². The van der Waals surface area contributed by atoms with Crippen molar-refractivity contribution in [3.63, 3.8) is 0 Å². The van der Waals surface area contributed by atoms with Gasteiger partial charge in [-0.05, 0) is 49.6 Å². The Bertz CT molecular complexity index is 774. The molecule has 3 rings (SSSR count). The maximum Gasteiger partial charge on any atom is 0.317 e. The van der Waals surface area contributed by atoms with Crippen LogP contribution in [0.3, 0.4) is 0 Å². The van der Waals surface area contributed by atoms with E-state index in [-0.39, 0.29) is 18.5 Å². The number of hydrogen-bond acceptors (Lipinski definition) is 3. The van der Waals surface area contributed by atoms with Crippen molar-refractivity contribution in [1.82, 2.24) is 9.80 Å². The number of carbonyl (C=O) groups is 2. The minimum Gasteiger partial charge on any atom is -0.480 e. The highest BCUT2D eigenvalue weighted by Gasteiger charge is 2.24. The minimum absolute atomic E-state index is 0.0412. The molecule has 1 N–H and O–H groups in total. The first kappa shape index (κ1) is 19.1. The van der Waals surface area contributed by atoms with Crippen molar-refractivity contribution < 1.29 is 14.7 Å². The highest BCUT2D eigenvalue weighted by molar-refractivity contribution is 5.94. The predicted octanol–water partition coefficient (Wildman–Crippen LogP) is 3.36. The topological polar surface area (TPSA) is 60.9 Å². The number of benzene rings is 2. The number of likely N-dealkylation sites (N-methyl/N-ethyl adjacent to an activating group) is 1. The second-order valence-corrected chi connectivity index (χ2v) is 7.13. The van der Waals surface area contributed by atoms with Crippen LogP contribution in [0.15, 0.2) is 54.6 Å². The van der Waals surface area contributed by atoms with Gasteiger partial charge < -0.3 is 10.0 Å². The highest BCUT2D eigenvalue weighted by atomic mass is 16.4. The molecule has 0 radical (unpaired) electrons. The lowest BCUT2D eigenvalue weighted by molar-refractivity contribution is -0.138. The fourth-order valence-corrected chi connectivity index (χ4v) is 3.68. The molecule has 2 aromatic rings. The number of carboxylic acid groups (broad SMARTS) is 1. The summed E-state index contributed by atoms with van der Waals surface area (Å²) in [6.45, 7) is 1.42. The maximum absolute atomic E-state index is 12.9. The molecule has 0 aromatic heterocycles. The summed E-state index contributed by atoms with van der Waals surface area (Å²) < 4.78 is 0. The van der Waals surface area contributed by atoms with Crippen LogP contribution in [0.1, 0.15) is 29.6 Å². The molecule has 1 amide bonds. The summed E-state index contributed by atoms with van der Waals surface area (Å²) in [5, 5.41) is 8.97. The van der Waals surface area contributed by atoms with Gasteiger partial charge in [0.25, 0.3) is 5.91 Å². The molecular formula is C22H26N2O3. The summed E-state index contributed by atoms with van der Waals surface area (Å²) in [5.41, 5.74) is 2.93. The van der Waals surface area contributed by atoms with Gasteiger partial charge in [-0.2, -0.15) is 0 Å². The lowest BCUT2D eigenvalue weighted by atomic mass is 10.0. The summed E-state index contributed by atoms with van der Waals surface area (Å²) in [5.74, 6) is -0.760. The van der Waals surface area contributed by atoms with E-state index in [1.165, 1.54) is 0 Å². The first-order chi connectivity index (χ1) is 13.0. The largest absolute Gasteiger partial charge is 0.480 e. The van der Waals surface area contributed by atoms with E-state index >= 15 is 0 Å². The second-order valence-electron chi connectivity index (χ2n) is 7.13. The Hall–Kier alpha value is -2.66. The smallest absolute Gasteiger partial charge is 0.317 e. The molecule has 1 aliphatic rings. The van der Waals surface area contributed by atoms with E-state index in [0.29, 0.717) is 12.1 Å². The zero-order valence-electron chi connectivity index (χ0n) is 15.7. The van der Waals surface area contributed by atoms with Crippen molar-refractivity contribution in [3.05, 3.63) is 60.2 Å². The number of carbonyl (C=O) groups excluding carboxylic acids is 1. The first-order valence-electron chi connectivity index (χ1n) is 9.41. The molecule has 0 saturated carbocycles. The van der Waals surface area contributed by atoms with E-state index in [2.05, 4.69) is 12.1 Å². The first-order valence-corrected chi connectivity index (χ1v) is 9.41. The average molecular weight is 366 g/mol. The van der Waals surface area contributed by atoms with Gasteiger partial charge in [-0.1, -0.05) is 42.5 Å². The SMILES string of the molecule is CN(CC(=O)O)C1CCCN(C(=O)c2ccc(-c3ccccc3)cc2)CC1. The third-order valence-electron chi connectivity index (χ3n) is 5.23. The van der Waals surface area contributed by atoms with E-state index in [9.17, 15) is 9.59 Å². The summed E-state index contributed by atoms with van der Waals surface area (Å²) in [6, 6.07) is 18.1. The highest BCUT2D eigenvalue weighted by Crippen LogP contribution is 2.21. The Balaban J connectivity index is 1.63. The number of amides is 1. The van der Waals surface area contributed by atoms with Crippen LogP contribution in [0.5, 0.6) is 0 Å². The maximum atomic E-state index is 12.9. The molecule has 27 heavy (non-hydrogen) atoms. The van der Waals surface area contributed by atoms with Gasteiger partial charge in [0.15, 0.2) is 0 Å². The number of aliphatic carboxylic acids is 1. The molecule has 0 aliphatic carbocycles. The minimum atomic E-state index is -0.812. The Morgan fingerprint density at radius 1 is 1.00 bits per heavy atom. The van der Waals surface area contributed by atoms with Gasteiger partial charge in [-0.25, -0.2) is 0 Å². The van der Waals surface area contributed by atoms with Crippen LogP contribution in [-0.4, -0.2) is 59.5 Å². The molecule has 1 aliphatic heterocycles. The third kappa shape index (κ3) is 4.95. The summed E-state index contributed by atoms with van der Waals surface area (Å²) in [7, 11) is 1.85. The van der Waals surface area contributed by atoms with E-state index in [4.69, 9.17) is 5.11 Å². The molecule has 1 heterocycles. The summed E-state index contributed by atoms with van der Waals surface area (Å²) >= 11 is 0. The Morgan fingerprint density at radius 2 is 1.67 bits per heavy atom. The standard InChI is InChI=1S/C22H26N2O3/c1-23(16-21(25)26)20-8-5-14-24(15-13-20)22(27)19-11-9-18(10-12-19)17-6-3-2-4-7-17/h2-4,6-7,9-12,20H,5,8,13-16H2,1H3,(H,25,26). The number of likely N-dealkylation sites (tertiary alicyclic amines) is 1. The number of carboxylic acids is 1. The molecule has 1 saturated heterocycles. The normalized spacial score (nSPS) is 17.6. The summed E-state index contributed by atoms with van der Waals surface area (Å²) in [6.07, 6.45) is 2.61. The fourth-order valence-electron chi connectivity index (χ4n) is 3.68. The van der Waals surface area contributed by atoms with E-state index < -0.39 is 5.97 Å². The molecule has 0 spiro atoms. The van der Waals surface area contributed by atoms with E-state index in [1.54, 1.807) is 0 Å². The third-order valence-corrected chi connectivity index (χ3v) is 5.23. The number of nitrogens with zero attached hydrogens (tertiary/aromatic N) is 2. The lowest BCUT2D eigenvalue weighted by Gasteiger charge is -2.25. The van der Waals surface area contributed by atoms with Crippen LogP contribution in [0.4, 0.5) is 0 Å². The number of hydrogen-bond donors (Lipinski definition) is 1. The van der Waals surface area contributed by atoms with Gasteiger partial charge in [-0.15, -0.1) is 0 Å². The van der Waals surface area contributed by atoms with Crippen molar-refractivity contribution in [1.29, 1.82) is 0 Å². The fraction of sp³-hybridized carbons (Fsp3) is 0.364. The summed E-state index contributed by atoms with van der Waals surface area (Å²) in [4.78, 5) is 27.6. The predicted molar refractivity (Wildman–Crippen MR) is 106 cm³/mol. The monoisotopic (exact) mass is 366 g/mol. The Morgan fingerprint density at radius 3 is 2.33 bits per heavy atom. The van der Waals surface area contributed by atoms with E-state index in [1.807, 2.05) is 59.3 Å². The molecule has 142 valence electrons. The Kier molecular flexibility index (Phi) is 6.24. The average Bonchev–Trinajstić information content (AvgIpc) is 2.94. The van der Waals surface area contributed by atoms with Gasteiger partial charge in [0.1, 0.15) is 0 Å². The van der Waals surface area contributed by atoms with Crippen LogP contribution >= 0.6 is 0 Å². The molecular weight excluding hydrogens is 340 g/mol. The molecule has 2 aromatic carbocycles. The molecule has 1 unspecified atom stereocenters. The zero-order chi connectivity index (χ0) is 19.2. The van der Waals surface area contributed by atoms with E-state index in [0.717, 1.165) is 36.9 Å². The quantitative estimate of drug-likeness (QED) is 0.881. The zero-order valence-corrected chi connectivity index (χ0v) is 15.7. The lowest BCUT2D eigenvalue weighted by Crippen LogP contribution is -2.37. The van der Waals surface area contributed by atoms with Crippen molar-refractivity contribution in [2.75, 3.05) is 26.7 Å². The molecule has 0 bridgehead atoms. The number of rotatable bonds is 5. The van der Waals surface area contributed by atoms with Crippen LogP contribution in [-0.2, 0) is 4.79 Å². The second kappa shape index (κ2) is 8.82. The van der Waals surface area contributed by atoms with Crippen molar-refractivity contribution >= 4 is 11.9 Å². The molecule has 1 atom stereocenters. The van der Waals surface area contributed by atoms with Gasteiger partial charge in [-0.3, -0.25) is 14.5 Å². The molecule has 1 fully saturated rings. The van der Waals surface area contributed by atoms with Gasteiger partial charge in [0.05, 0.1) is 6.54 Å². The molecule has 5 nitrogen and oxygen atoms in total. The van der Waals surface area contributed by atoms with Gasteiger partial charge in [0.2, 0.25) is 0 Å². The van der Waals surface area contributed by atoms with Crippen molar-refractivity contribution in [2.24, 2.45) is 0 Å².